The van der Waals surface area contributed by atoms with Crippen LogP contribution in [0.5, 0.6) is 0 Å². The molecule has 1 heterocycles. The molecule has 120 valence electrons. The maximum absolute atomic E-state index is 12.0. The summed E-state index contributed by atoms with van der Waals surface area (Å²) in [5.41, 5.74) is 0.471. The Balaban J connectivity index is 2.02. The highest BCUT2D eigenvalue weighted by Gasteiger charge is 2.26. The fourth-order valence-electron chi connectivity index (χ4n) is 2.11. The SMILES string of the molecule is O=C1OC(c2ccc(Cl)cc2Cl)=NC1=Cc1ccccc1[N+](=O)[O-]. The molecule has 24 heavy (non-hydrogen) atoms. The zero-order valence-corrected chi connectivity index (χ0v) is 13.4. The second-order valence-electron chi connectivity index (χ2n) is 4.78. The first kappa shape index (κ1) is 16.2. The van der Waals surface area contributed by atoms with Crippen molar-refractivity contribution in [2.24, 2.45) is 4.99 Å². The minimum absolute atomic E-state index is 0.0199. The van der Waals surface area contributed by atoms with E-state index in [4.69, 9.17) is 27.9 Å². The van der Waals surface area contributed by atoms with Crippen LogP contribution in [0.4, 0.5) is 5.69 Å². The number of carbonyl (C=O) groups is 1. The lowest BCUT2D eigenvalue weighted by molar-refractivity contribution is -0.385. The first-order chi connectivity index (χ1) is 11.5. The van der Waals surface area contributed by atoms with Crippen LogP contribution in [0.15, 0.2) is 53.2 Å². The van der Waals surface area contributed by atoms with Crippen molar-refractivity contribution in [3.05, 3.63) is 79.4 Å². The van der Waals surface area contributed by atoms with Crippen LogP contribution in [0.25, 0.3) is 6.08 Å². The van der Waals surface area contributed by atoms with Crippen LogP contribution in [0, 0.1) is 10.1 Å². The summed E-state index contributed by atoms with van der Waals surface area (Å²) in [5, 5.41) is 11.7. The number of esters is 1. The number of rotatable bonds is 3. The standard InChI is InChI=1S/C16H8Cl2N2O4/c17-10-5-6-11(12(18)8-10)15-19-13(16(21)24-15)7-9-3-1-2-4-14(9)20(22)23/h1-8H. The highest BCUT2D eigenvalue weighted by atomic mass is 35.5. The molecule has 0 bridgehead atoms. The van der Waals surface area contributed by atoms with Gasteiger partial charge in [-0.1, -0.05) is 35.3 Å². The average Bonchev–Trinajstić information content (AvgIpc) is 2.88. The molecule has 0 saturated carbocycles. The van der Waals surface area contributed by atoms with Crippen LogP contribution in [0.2, 0.25) is 10.0 Å². The number of para-hydroxylation sites is 1. The summed E-state index contributed by atoms with van der Waals surface area (Å²) in [6.45, 7) is 0. The van der Waals surface area contributed by atoms with Crippen LogP contribution >= 0.6 is 23.2 Å². The van der Waals surface area contributed by atoms with Crippen molar-refractivity contribution in [3.63, 3.8) is 0 Å². The quantitative estimate of drug-likeness (QED) is 0.353. The van der Waals surface area contributed by atoms with Crippen molar-refractivity contribution in [2.75, 3.05) is 0 Å². The van der Waals surface area contributed by atoms with Gasteiger partial charge in [-0.15, -0.1) is 0 Å². The maximum Gasteiger partial charge on any atom is 0.363 e. The van der Waals surface area contributed by atoms with Gasteiger partial charge >= 0.3 is 5.97 Å². The van der Waals surface area contributed by atoms with Crippen LogP contribution in [-0.4, -0.2) is 16.8 Å². The van der Waals surface area contributed by atoms with E-state index in [0.29, 0.717) is 10.6 Å². The van der Waals surface area contributed by atoms with Gasteiger partial charge < -0.3 is 4.74 Å². The van der Waals surface area contributed by atoms with Gasteiger partial charge in [0, 0.05) is 11.1 Å². The van der Waals surface area contributed by atoms with E-state index in [1.165, 1.54) is 30.3 Å². The number of hydrogen-bond acceptors (Lipinski definition) is 5. The van der Waals surface area contributed by atoms with Crippen LogP contribution < -0.4 is 0 Å². The molecule has 1 aliphatic rings. The van der Waals surface area contributed by atoms with Crippen LogP contribution in [-0.2, 0) is 9.53 Å². The van der Waals surface area contributed by atoms with E-state index in [1.807, 2.05) is 0 Å². The van der Waals surface area contributed by atoms with Crippen LogP contribution in [0.3, 0.4) is 0 Å². The third kappa shape index (κ3) is 3.15. The Labute approximate surface area is 146 Å². The summed E-state index contributed by atoms with van der Waals surface area (Å²) in [7, 11) is 0. The highest BCUT2D eigenvalue weighted by molar-refractivity contribution is 6.37. The molecule has 0 aliphatic carbocycles. The Morgan fingerprint density at radius 2 is 1.92 bits per heavy atom. The molecule has 0 amide bonds. The monoisotopic (exact) mass is 362 g/mol. The fourth-order valence-corrected chi connectivity index (χ4v) is 2.60. The third-order valence-corrected chi connectivity index (χ3v) is 3.76. The predicted octanol–water partition coefficient (Wildman–Crippen LogP) is 4.25. The summed E-state index contributed by atoms with van der Waals surface area (Å²) in [6.07, 6.45) is 1.30. The second-order valence-corrected chi connectivity index (χ2v) is 5.62. The Hall–Kier alpha value is -2.70. The maximum atomic E-state index is 12.0. The molecular weight excluding hydrogens is 355 g/mol. The van der Waals surface area contributed by atoms with Gasteiger partial charge in [-0.25, -0.2) is 9.79 Å². The van der Waals surface area contributed by atoms with Crippen molar-refractivity contribution >= 4 is 46.8 Å². The molecule has 8 heteroatoms. The van der Waals surface area contributed by atoms with Crippen molar-refractivity contribution < 1.29 is 14.5 Å². The molecule has 0 fully saturated rings. The van der Waals surface area contributed by atoms with Gasteiger partial charge in [-0.2, -0.15) is 0 Å². The van der Waals surface area contributed by atoms with E-state index >= 15 is 0 Å². The summed E-state index contributed by atoms with van der Waals surface area (Å²) in [4.78, 5) is 26.6. The minimum Gasteiger partial charge on any atom is -0.402 e. The molecule has 0 radical (unpaired) electrons. The lowest BCUT2D eigenvalue weighted by atomic mass is 10.1. The molecule has 2 aromatic carbocycles. The molecule has 0 N–H and O–H groups in total. The Morgan fingerprint density at radius 3 is 2.62 bits per heavy atom. The number of benzene rings is 2. The number of cyclic esters (lactones) is 1. The van der Waals surface area contributed by atoms with E-state index in [1.54, 1.807) is 18.2 Å². The van der Waals surface area contributed by atoms with Gasteiger partial charge in [-0.3, -0.25) is 10.1 Å². The number of hydrogen-bond donors (Lipinski definition) is 0. The van der Waals surface area contributed by atoms with Gasteiger partial charge in [0.2, 0.25) is 5.90 Å². The van der Waals surface area contributed by atoms with Gasteiger partial charge in [-0.05, 0) is 30.3 Å². The molecule has 0 saturated heterocycles. The molecule has 1 aliphatic heterocycles. The first-order valence-corrected chi connectivity index (χ1v) is 7.42. The number of nitro groups is 1. The second kappa shape index (κ2) is 6.43. The van der Waals surface area contributed by atoms with Crippen molar-refractivity contribution in [1.29, 1.82) is 0 Å². The molecule has 0 aromatic heterocycles. The van der Waals surface area contributed by atoms with Crippen LogP contribution in [0.1, 0.15) is 11.1 Å². The Kier molecular flexibility index (Phi) is 4.33. The zero-order valence-electron chi connectivity index (χ0n) is 11.9. The van der Waals surface area contributed by atoms with Gasteiger partial charge in [0.05, 0.1) is 21.1 Å². The number of aliphatic imine (C=N–C) groups is 1. The van der Waals surface area contributed by atoms with E-state index < -0.39 is 10.9 Å². The first-order valence-electron chi connectivity index (χ1n) is 6.67. The van der Waals surface area contributed by atoms with E-state index in [-0.39, 0.29) is 27.9 Å². The fraction of sp³-hybridized carbons (Fsp3) is 0. The van der Waals surface area contributed by atoms with E-state index in [9.17, 15) is 14.9 Å². The summed E-state index contributed by atoms with van der Waals surface area (Å²) in [5.74, 6) is -0.694. The number of carbonyl (C=O) groups excluding carboxylic acids is 1. The molecule has 6 nitrogen and oxygen atoms in total. The summed E-state index contributed by atoms with van der Waals surface area (Å²) < 4.78 is 5.10. The van der Waals surface area contributed by atoms with Crippen molar-refractivity contribution in [2.45, 2.75) is 0 Å². The highest BCUT2D eigenvalue weighted by Crippen LogP contribution is 2.27. The molecule has 2 aromatic rings. The smallest absolute Gasteiger partial charge is 0.363 e. The van der Waals surface area contributed by atoms with Crippen molar-refractivity contribution in [1.82, 2.24) is 0 Å². The van der Waals surface area contributed by atoms with Gasteiger partial charge in [0.15, 0.2) is 5.70 Å². The number of halogens is 2. The summed E-state index contributed by atoms with van der Waals surface area (Å²) >= 11 is 11.9. The molecule has 0 atom stereocenters. The molecule has 0 spiro atoms. The summed E-state index contributed by atoms with van der Waals surface area (Å²) in [6, 6.07) is 10.7. The number of nitrogens with zero attached hydrogens (tertiary/aromatic N) is 2. The van der Waals surface area contributed by atoms with Gasteiger partial charge in [0.1, 0.15) is 0 Å². The topological polar surface area (TPSA) is 81.8 Å². The minimum atomic E-state index is -0.714. The number of ether oxygens (including phenoxy) is 1. The zero-order chi connectivity index (χ0) is 17.3. The lowest BCUT2D eigenvalue weighted by Crippen LogP contribution is -2.06. The van der Waals surface area contributed by atoms with Crippen molar-refractivity contribution in [3.8, 4) is 0 Å². The molecule has 0 unspecified atom stereocenters. The molecule has 3 rings (SSSR count). The average molecular weight is 363 g/mol. The Bertz CT molecular complexity index is 922. The largest absolute Gasteiger partial charge is 0.402 e. The van der Waals surface area contributed by atoms with E-state index in [0.717, 1.165) is 0 Å². The molecular formula is C16H8Cl2N2O4. The van der Waals surface area contributed by atoms with E-state index in [2.05, 4.69) is 4.99 Å². The lowest BCUT2D eigenvalue weighted by Gasteiger charge is -2.02. The number of nitro benzene ring substituents is 1. The Morgan fingerprint density at radius 1 is 1.17 bits per heavy atom. The predicted molar refractivity (Wildman–Crippen MR) is 90.2 cm³/mol. The van der Waals surface area contributed by atoms with Gasteiger partial charge in [0.25, 0.3) is 5.69 Å². The third-order valence-electron chi connectivity index (χ3n) is 3.21. The normalized spacial score (nSPS) is 15.3.